The van der Waals surface area contributed by atoms with Crippen LogP contribution in [-0.2, 0) is 45.1 Å². The summed E-state index contributed by atoms with van der Waals surface area (Å²) in [6.07, 6.45) is 5.34. The summed E-state index contributed by atoms with van der Waals surface area (Å²) in [4.78, 5) is 78.6. The van der Waals surface area contributed by atoms with Crippen LogP contribution in [0.1, 0.15) is 24.0 Å². The molecule has 4 atom stereocenters. The molecule has 0 aliphatic carbocycles. The van der Waals surface area contributed by atoms with E-state index in [-0.39, 0.29) is 61.9 Å². The molecule has 57 heavy (non-hydrogen) atoms. The summed E-state index contributed by atoms with van der Waals surface area (Å²) in [7, 11) is 0. The lowest BCUT2D eigenvalue weighted by Crippen LogP contribution is -2.58. The summed E-state index contributed by atoms with van der Waals surface area (Å²) in [5.41, 5.74) is 20.8. The van der Waals surface area contributed by atoms with E-state index in [1.807, 2.05) is 0 Å². The summed E-state index contributed by atoms with van der Waals surface area (Å²) in [5.74, 6) is -3.29. The van der Waals surface area contributed by atoms with Crippen molar-refractivity contribution in [2.24, 2.45) is 5.73 Å². The number of aryl methyl sites for hydroxylation is 2. The lowest BCUT2D eigenvalue weighted by molar-refractivity contribution is -0.142. The highest BCUT2D eigenvalue weighted by molar-refractivity contribution is 5.94. The number of carbonyl (C=O) groups is 4. The molecule has 2 aromatic carbocycles. The Labute approximate surface area is 323 Å². The first-order valence-corrected chi connectivity index (χ1v) is 17.6. The molecule has 0 saturated heterocycles. The van der Waals surface area contributed by atoms with Crippen molar-refractivity contribution in [1.29, 1.82) is 0 Å². The average Bonchev–Trinajstić information content (AvgIpc) is 3.82. The molecule has 6 aromatic rings. The highest BCUT2D eigenvalue weighted by Crippen LogP contribution is 2.18. The molecule has 6 rings (SSSR count). The number of fused-ring (bicyclic) bond motifs is 2. The van der Waals surface area contributed by atoms with Gasteiger partial charge in [-0.25, -0.2) is 34.7 Å². The molecule has 4 aromatic heterocycles. The van der Waals surface area contributed by atoms with Gasteiger partial charge in [-0.3, -0.25) is 14.4 Å². The number of aliphatic carboxylic acids is 1. The van der Waals surface area contributed by atoms with Gasteiger partial charge >= 0.3 is 5.97 Å². The van der Waals surface area contributed by atoms with E-state index in [1.54, 1.807) is 21.3 Å². The molecule has 21 heteroatoms. The van der Waals surface area contributed by atoms with Gasteiger partial charge in [0.1, 0.15) is 53.3 Å². The van der Waals surface area contributed by atoms with Crippen LogP contribution in [0.25, 0.3) is 22.3 Å². The SMILES string of the molecule is Nc1ncnc2c1ncn2CC[C@H](NC(=O)[C@H](Cc1ccc(O)cc1)NC(=O)[C@@H](N)CCn1cnc2c(N)ncnc21)C(=O)N[C@@H](Cc1ccc(O)cc1)C(=O)O. The van der Waals surface area contributed by atoms with E-state index in [0.717, 1.165) is 0 Å². The second-order valence-electron chi connectivity index (χ2n) is 13.2. The first kappa shape index (κ1) is 39.3. The zero-order valence-corrected chi connectivity index (χ0v) is 30.3. The number of aromatic hydroxyl groups is 2. The first-order valence-electron chi connectivity index (χ1n) is 17.6. The fourth-order valence-electron chi connectivity index (χ4n) is 6.04. The van der Waals surface area contributed by atoms with E-state index in [9.17, 15) is 34.5 Å². The molecule has 0 aliphatic heterocycles. The molecular weight excluding hydrogens is 740 g/mol. The molecule has 4 heterocycles. The van der Waals surface area contributed by atoms with E-state index in [1.165, 1.54) is 61.7 Å². The number of nitrogens with two attached hydrogens (primary N) is 3. The predicted molar refractivity (Wildman–Crippen MR) is 204 cm³/mol. The van der Waals surface area contributed by atoms with Crippen molar-refractivity contribution in [2.45, 2.75) is 62.9 Å². The molecule has 3 amide bonds. The average molecular weight is 781 g/mol. The van der Waals surface area contributed by atoms with Crippen molar-refractivity contribution in [1.82, 2.24) is 55.0 Å². The molecule has 12 N–H and O–H groups in total. The second-order valence-corrected chi connectivity index (χ2v) is 13.2. The van der Waals surface area contributed by atoms with Crippen molar-refractivity contribution in [3.8, 4) is 11.5 Å². The van der Waals surface area contributed by atoms with E-state index >= 15 is 0 Å². The number of amides is 3. The van der Waals surface area contributed by atoms with Crippen LogP contribution in [0.5, 0.6) is 11.5 Å². The maximum atomic E-state index is 14.1. The van der Waals surface area contributed by atoms with Gasteiger partial charge < -0.3 is 57.6 Å². The highest BCUT2D eigenvalue weighted by Gasteiger charge is 2.31. The summed E-state index contributed by atoms with van der Waals surface area (Å²) in [6, 6.07) is 6.69. The smallest absolute Gasteiger partial charge is 0.326 e. The number of carboxylic acid groups (broad SMARTS) is 1. The van der Waals surface area contributed by atoms with Gasteiger partial charge in [0, 0.05) is 25.9 Å². The fraction of sp³-hybridized carbons (Fsp3) is 0.278. The van der Waals surface area contributed by atoms with Gasteiger partial charge in [-0.1, -0.05) is 24.3 Å². The number of aromatic nitrogens is 8. The van der Waals surface area contributed by atoms with Crippen LogP contribution >= 0.6 is 0 Å². The Kier molecular flexibility index (Phi) is 12.0. The van der Waals surface area contributed by atoms with Gasteiger partial charge in [-0.15, -0.1) is 0 Å². The highest BCUT2D eigenvalue weighted by atomic mass is 16.4. The minimum atomic E-state index is -1.41. The second kappa shape index (κ2) is 17.4. The molecule has 296 valence electrons. The number of carbonyl (C=O) groups excluding carboxylic acids is 3. The van der Waals surface area contributed by atoms with Gasteiger partial charge in [0.05, 0.1) is 18.7 Å². The van der Waals surface area contributed by atoms with Crippen molar-refractivity contribution in [3.63, 3.8) is 0 Å². The van der Waals surface area contributed by atoms with Crippen molar-refractivity contribution in [3.05, 3.63) is 85.0 Å². The Balaban J connectivity index is 1.21. The largest absolute Gasteiger partial charge is 0.508 e. The van der Waals surface area contributed by atoms with E-state index in [0.29, 0.717) is 33.5 Å². The number of rotatable bonds is 17. The fourth-order valence-corrected chi connectivity index (χ4v) is 6.04. The molecular formula is C36H40N14O7. The van der Waals surface area contributed by atoms with Crippen molar-refractivity contribution in [2.75, 3.05) is 11.5 Å². The van der Waals surface area contributed by atoms with Gasteiger partial charge in [0.15, 0.2) is 22.9 Å². The molecule has 0 unspecified atom stereocenters. The molecule has 0 bridgehead atoms. The maximum Gasteiger partial charge on any atom is 0.326 e. The van der Waals surface area contributed by atoms with Crippen LogP contribution in [0.2, 0.25) is 0 Å². The number of nitrogens with zero attached hydrogens (tertiary/aromatic N) is 8. The standard InChI is InChI=1S/C36H40N14O7/c37-23(9-11-49-17-44-27-29(38)40-15-42-31(27)49)33(53)47-25(13-19-1-5-21(51)6-2-19)35(55)46-24(10-12-50-18-45-28-30(39)41-16-43-32(28)50)34(54)48-26(36(56)57)14-20-3-7-22(52)8-4-20/h1-8,15-18,23-26,51-52H,9-14,37H2,(H,46,55)(H,47,53)(H,48,54)(H,56,57)(H2,38,40,42)(H2,39,41,43)/t23-,24-,25-,26-/m0/s1. The molecule has 0 fully saturated rings. The molecule has 0 saturated carbocycles. The number of benzene rings is 2. The Bertz CT molecular complexity index is 2380. The van der Waals surface area contributed by atoms with E-state index in [2.05, 4.69) is 45.9 Å². The Morgan fingerprint density at radius 3 is 1.54 bits per heavy atom. The summed E-state index contributed by atoms with van der Waals surface area (Å²) in [6.45, 7) is 0.299. The quantitative estimate of drug-likeness (QED) is 0.0556. The lowest BCUT2D eigenvalue weighted by atomic mass is 10.0. The van der Waals surface area contributed by atoms with Gasteiger partial charge in [0.25, 0.3) is 0 Å². The molecule has 21 nitrogen and oxygen atoms in total. The zero-order chi connectivity index (χ0) is 40.6. The van der Waals surface area contributed by atoms with Crippen LogP contribution in [0, 0.1) is 0 Å². The normalized spacial score (nSPS) is 13.4. The molecule has 0 spiro atoms. The number of anilines is 2. The van der Waals surface area contributed by atoms with Crippen LogP contribution in [0.3, 0.4) is 0 Å². The monoisotopic (exact) mass is 780 g/mol. The molecule has 0 aliphatic rings. The van der Waals surface area contributed by atoms with Gasteiger partial charge in [-0.2, -0.15) is 0 Å². The number of nitrogens with one attached hydrogen (secondary N) is 3. The third-order valence-corrected chi connectivity index (χ3v) is 9.17. The van der Waals surface area contributed by atoms with E-state index in [4.69, 9.17) is 17.2 Å². The van der Waals surface area contributed by atoms with E-state index < -0.39 is 47.9 Å². The van der Waals surface area contributed by atoms with Crippen LogP contribution in [0.4, 0.5) is 11.6 Å². The Morgan fingerprint density at radius 2 is 1.04 bits per heavy atom. The van der Waals surface area contributed by atoms with Gasteiger partial charge in [0.2, 0.25) is 17.7 Å². The Morgan fingerprint density at radius 1 is 0.596 bits per heavy atom. The first-order chi connectivity index (χ1) is 27.4. The van der Waals surface area contributed by atoms with Gasteiger partial charge in [-0.05, 0) is 48.2 Å². The number of nitrogen functional groups attached to an aromatic ring is 2. The topological polar surface area (TPSA) is 330 Å². The number of carboxylic acids is 1. The van der Waals surface area contributed by atoms with Crippen LogP contribution in [0.15, 0.2) is 73.8 Å². The minimum Gasteiger partial charge on any atom is -0.508 e. The summed E-state index contributed by atoms with van der Waals surface area (Å²) >= 11 is 0. The number of hydrogen-bond acceptors (Lipinski definition) is 15. The minimum absolute atomic E-state index is 0.0130. The summed E-state index contributed by atoms with van der Waals surface area (Å²) in [5, 5.41) is 37.5. The Hall–Kier alpha value is -7.42. The summed E-state index contributed by atoms with van der Waals surface area (Å²) < 4.78 is 3.27. The van der Waals surface area contributed by atoms with Crippen LogP contribution < -0.4 is 33.2 Å². The van der Waals surface area contributed by atoms with Crippen molar-refractivity contribution >= 4 is 57.7 Å². The lowest BCUT2D eigenvalue weighted by Gasteiger charge is -2.25. The third kappa shape index (κ3) is 9.64. The zero-order valence-electron chi connectivity index (χ0n) is 30.3. The maximum absolute atomic E-state index is 14.1. The predicted octanol–water partition coefficient (Wildman–Crippen LogP) is -0.626. The third-order valence-electron chi connectivity index (χ3n) is 9.17. The number of phenolic OH excluding ortho intramolecular Hbond substituents is 2. The number of imidazole rings is 2. The number of phenols is 2. The van der Waals surface area contributed by atoms with Crippen molar-refractivity contribution < 1.29 is 34.5 Å². The number of hydrogen-bond donors (Lipinski definition) is 9. The molecule has 0 radical (unpaired) electrons. The van der Waals surface area contributed by atoms with Crippen LogP contribution in [-0.4, -0.2) is 102 Å².